The monoisotopic (exact) mass is 463 g/mol. The standard InChI is InChI=1S/C21H25N3O5S2/c1-3-14-24(30(2,26)27)19-10-6-17(7-11-19)21(25)22-18-8-12-20(13-9-18)31(28,29)23-15-4-5-16-23/h3,6-13H,1,4-5,14-16H2,2H3,(H,22,25). The van der Waals surface area contributed by atoms with E-state index >= 15 is 0 Å². The van der Waals surface area contributed by atoms with Gasteiger partial charge in [0, 0.05) is 24.3 Å². The first kappa shape index (κ1) is 23.0. The fourth-order valence-electron chi connectivity index (χ4n) is 3.32. The number of hydrogen-bond acceptors (Lipinski definition) is 5. The quantitative estimate of drug-likeness (QED) is 0.606. The van der Waals surface area contributed by atoms with Crippen LogP contribution in [0, 0.1) is 0 Å². The molecule has 0 radical (unpaired) electrons. The molecule has 0 unspecified atom stereocenters. The maximum absolute atomic E-state index is 12.6. The summed E-state index contributed by atoms with van der Waals surface area (Å²) < 4.78 is 51.6. The van der Waals surface area contributed by atoms with Gasteiger partial charge in [-0.2, -0.15) is 4.31 Å². The minimum atomic E-state index is -3.51. The van der Waals surface area contributed by atoms with Gasteiger partial charge in [0.2, 0.25) is 20.0 Å². The highest BCUT2D eigenvalue weighted by Crippen LogP contribution is 2.23. The number of hydrogen-bond donors (Lipinski definition) is 1. The van der Waals surface area contributed by atoms with Gasteiger partial charge in [0.05, 0.1) is 23.4 Å². The largest absolute Gasteiger partial charge is 0.322 e. The second-order valence-electron chi connectivity index (χ2n) is 7.22. The van der Waals surface area contributed by atoms with Crippen LogP contribution in [-0.4, -0.2) is 52.9 Å². The van der Waals surface area contributed by atoms with Crippen LogP contribution in [0.25, 0.3) is 0 Å². The Bertz CT molecular complexity index is 1150. The van der Waals surface area contributed by atoms with Crippen molar-refractivity contribution in [1.82, 2.24) is 4.31 Å². The van der Waals surface area contributed by atoms with Gasteiger partial charge in [0.15, 0.2) is 0 Å². The Morgan fingerprint density at radius 2 is 1.61 bits per heavy atom. The molecule has 0 aromatic heterocycles. The molecule has 0 spiro atoms. The van der Waals surface area contributed by atoms with Gasteiger partial charge < -0.3 is 5.32 Å². The lowest BCUT2D eigenvalue weighted by Crippen LogP contribution is -2.29. The highest BCUT2D eigenvalue weighted by molar-refractivity contribution is 7.92. The van der Waals surface area contributed by atoms with E-state index in [9.17, 15) is 21.6 Å². The predicted molar refractivity (Wildman–Crippen MR) is 121 cm³/mol. The molecule has 8 nitrogen and oxygen atoms in total. The third-order valence-corrected chi connectivity index (χ3v) is 8.00. The van der Waals surface area contributed by atoms with Crippen LogP contribution in [-0.2, 0) is 20.0 Å². The van der Waals surface area contributed by atoms with Gasteiger partial charge >= 0.3 is 0 Å². The smallest absolute Gasteiger partial charge is 0.255 e. The van der Waals surface area contributed by atoms with Crippen LogP contribution in [0.1, 0.15) is 23.2 Å². The van der Waals surface area contributed by atoms with E-state index in [2.05, 4.69) is 11.9 Å². The maximum Gasteiger partial charge on any atom is 0.255 e. The summed E-state index contributed by atoms with van der Waals surface area (Å²) in [5.74, 6) is -0.392. The highest BCUT2D eigenvalue weighted by atomic mass is 32.2. The lowest BCUT2D eigenvalue weighted by Gasteiger charge is -2.20. The molecule has 0 saturated carbocycles. The minimum Gasteiger partial charge on any atom is -0.322 e. The first-order chi connectivity index (χ1) is 14.6. The van der Waals surface area contributed by atoms with Crippen LogP contribution in [0.4, 0.5) is 11.4 Å². The molecule has 31 heavy (non-hydrogen) atoms. The number of nitrogens with zero attached hydrogens (tertiary/aromatic N) is 2. The van der Waals surface area contributed by atoms with Crippen molar-refractivity contribution in [2.75, 3.05) is 35.5 Å². The van der Waals surface area contributed by atoms with Crippen molar-refractivity contribution in [2.45, 2.75) is 17.7 Å². The van der Waals surface area contributed by atoms with Gasteiger partial charge in [0.1, 0.15) is 0 Å². The number of rotatable bonds is 8. The topological polar surface area (TPSA) is 104 Å². The second-order valence-corrected chi connectivity index (χ2v) is 11.1. The van der Waals surface area contributed by atoms with Crippen molar-refractivity contribution < 1.29 is 21.6 Å². The van der Waals surface area contributed by atoms with Gasteiger partial charge in [-0.25, -0.2) is 16.8 Å². The van der Waals surface area contributed by atoms with Crippen molar-refractivity contribution in [3.63, 3.8) is 0 Å². The fraction of sp³-hybridized carbons (Fsp3) is 0.286. The zero-order chi connectivity index (χ0) is 22.6. The summed E-state index contributed by atoms with van der Waals surface area (Å²) in [7, 11) is -6.98. The normalized spacial score (nSPS) is 14.9. The Labute approximate surface area is 183 Å². The van der Waals surface area contributed by atoms with E-state index in [4.69, 9.17) is 0 Å². The number of benzene rings is 2. The molecule has 1 N–H and O–H groups in total. The molecule has 1 saturated heterocycles. The van der Waals surface area contributed by atoms with Crippen LogP contribution in [0.3, 0.4) is 0 Å². The summed E-state index contributed by atoms with van der Waals surface area (Å²) in [5.41, 5.74) is 1.22. The van der Waals surface area contributed by atoms with Crippen molar-refractivity contribution >= 4 is 37.3 Å². The molecule has 2 aromatic carbocycles. The molecular formula is C21H25N3O5S2. The van der Waals surface area contributed by atoms with Gasteiger partial charge in [-0.05, 0) is 61.4 Å². The SMILES string of the molecule is C=CCN(c1ccc(C(=O)Nc2ccc(S(=O)(=O)N3CCCC3)cc2)cc1)S(C)(=O)=O. The molecule has 1 fully saturated rings. The summed E-state index contributed by atoms with van der Waals surface area (Å²) in [6.07, 6.45) is 4.31. The van der Waals surface area contributed by atoms with E-state index in [1.54, 1.807) is 24.3 Å². The van der Waals surface area contributed by atoms with Crippen LogP contribution >= 0.6 is 0 Å². The van der Waals surface area contributed by atoms with Crippen molar-refractivity contribution in [3.05, 3.63) is 66.7 Å². The summed E-state index contributed by atoms with van der Waals surface area (Å²) >= 11 is 0. The van der Waals surface area contributed by atoms with Crippen molar-refractivity contribution in [3.8, 4) is 0 Å². The van der Waals surface area contributed by atoms with Crippen LogP contribution in [0.5, 0.6) is 0 Å². The number of amides is 1. The van der Waals surface area contributed by atoms with Crippen molar-refractivity contribution in [1.29, 1.82) is 0 Å². The average Bonchev–Trinajstić information content (AvgIpc) is 3.27. The molecule has 0 aliphatic carbocycles. The van der Waals surface area contributed by atoms with E-state index < -0.39 is 26.0 Å². The number of nitrogens with one attached hydrogen (secondary N) is 1. The van der Waals surface area contributed by atoms with Crippen LogP contribution in [0.15, 0.2) is 66.1 Å². The molecule has 3 rings (SSSR count). The zero-order valence-electron chi connectivity index (χ0n) is 17.2. The Hall–Kier alpha value is -2.69. The molecule has 166 valence electrons. The maximum atomic E-state index is 12.6. The molecule has 1 aliphatic heterocycles. The van der Waals surface area contributed by atoms with E-state index in [-0.39, 0.29) is 11.4 Å². The third kappa shape index (κ3) is 5.33. The summed E-state index contributed by atoms with van der Waals surface area (Å²) in [6.45, 7) is 4.74. The fourth-order valence-corrected chi connectivity index (χ4v) is 5.72. The van der Waals surface area contributed by atoms with E-state index in [1.165, 1.54) is 39.0 Å². The molecular weight excluding hydrogens is 438 g/mol. The first-order valence-corrected chi connectivity index (χ1v) is 13.0. The molecule has 1 amide bonds. The summed E-state index contributed by atoms with van der Waals surface area (Å²) in [6, 6.07) is 12.2. The lowest BCUT2D eigenvalue weighted by molar-refractivity contribution is 0.102. The first-order valence-electron chi connectivity index (χ1n) is 9.73. The van der Waals surface area contributed by atoms with E-state index in [0.29, 0.717) is 30.0 Å². The number of anilines is 2. The molecule has 10 heteroatoms. The van der Waals surface area contributed by atoms with Crippen LogP contribution < -0.4 is 9.62 Å². The van der Waals surface area contributed by atoms with Gasteiger partial charge in [0.25, 0.3) is 5.91 Å². The second kappa shape index (κ2) is 9.21. The highest BCUT2D eigenvalue weighted by Gasteiger charge is 2.27. The number of sulfonamides is 2. The molecule has 2 aromatic rings. The minimum absolute atomic E-state index is 0.122. The van der Waals surface area contributed by atoms with E-state index in [0.717, 1.165) is 19.1 Å². The van der Waals surface area contributed by atoms with Gasteiger partial charge in [-0.15, -0.1) is 6.58 Å². The molecule has 0 bridgehead atoms. The van der Waals surface area contributed by atoms with Crippen LogP contribution in [0.2, 0.25) is 0 Å². The lowest BCUT2D eigenvalue weighted by atomic mass is 10.2. The third-order valence-electron chi connectivity index (χ3n) is 4.93. The molecule has 1 aliphatic rings. The predicted octanol–water partition coefficient (Wildman–Crippen LogP) is 2.68. The average molecular weight is 464 g/mol. The Balaban J connectivity index is 1.71. The van der Waals surface area contributed by atoms with Gasteiger partial charge in [-0.3, -0.25) is 9.10 Å². The van der Waals surface area contributed by atoms with Crippen molar-refractivity contribution in [2.24, 2.45) is 0 Å². The number of carbonyl (C=O) groups is 1. The Morgan fingerprint density at radius 3 is 2.13 bits per heavy atom. The summed E-state index contributed by atoms with van der Waals surface area (Å²) in [5, 5.41) is 2.72. The van der Waals surface area contributed by atoms with Gasteiger partial charge in [-0.1, -0.05) is 6.08 Å². The van der Waals surface area contributed by atoms with E-state index in [1.807, 2.05) is 0 Å². The molecule has 0 atom stereocenters. The Morgan fingerprint density at radius 1 is 1.03 bits per heavy atom. The zero-order valence-corrected chi connectivity index (χ0v) is 18.8. The Kier molecular flexibility index (Phi) is 6.83. The summed E-state index contributed by atoms with van der Waals surface area (Å²) in [4.78, 5) is 12.7. The molecule has 1 heterocycles. The number of carbonyl (C=O) groups excluding carboxylic acids is 1.